The van der Waals surface area contributed by atoms with Crippen LogP contribution in [-0.4, -0.2) is 5.94 Å². The van der Waals surface area contributed by atoms with Crippen LogP contribution in [0.1, 0.15) is 17.2 Å². The number of fused-ring (bicyclic) bond motifs is 1. The van der Waals surface area contributed by atoms with Crippen molar-refractivity contribution in [2.75, 3.05) is 10.6 Å². The number of para-hydroxylation sites is 2. The molecule has 0 aliphatic heterocycles. The molecule has 2 N–H and O–H groups in total. The van der Waals surface area contributed by atoms with Crippen LogP contribution in [0.2, 0.25) is 0 Å². The van der Waals surface area contributed by atoms with Gasteiger partial charge < -0.3 is 10.6 Å². The first-order chi connectivity index (χ1) is 12.8. The van der Waals surface area contributed by atoms with Crippen molar-refractivity contribution in [3.05, 3.63) is 102 Å². The number of hydrogen-bond acceptors (Lipinski definition) is 3. The Morgan fingerprint density at radius 2 is 1.42 bits per heavy atom. The van der Waals surface area contributed by atoms with E-state index in [1.165, 1.54) is 0 Å². The maximum Gasteiger partial charge on any atom is 0.130 e. The van der Waals surface area contributed by atoms with Gasteiger partial charge in [0.2, 0.25) is 0 Å². The first-order valence-electron chi connectivity index (χ1n) is 8.54. The second kappa shape index (κ2) is 7.14. The lowest BCUT2D eigenvalue weighted by molar-refractivity contribution is 0.566. The fourth-order valence-electron chi connectivity index (χ4n) is 3.14. The SMILES string of the molecule is O=C=C1C=Cc2cc(Nc3ccccc3)ccc2C1Nc1ccccc1. The van der Waals surface area contributed by atoms with Gasteiger partial charge in [-0.3, -0.25) is 0 Å². The zero-order valence-corrected chi connectivity index (χ0v) is 14.1. The highest BCUT2D eigenvalue weighted by atomic mass is 16.1. The topological polar surface area (TPSA) is 41.1 Å². The molecule has 0 fully saturated rings. The lowest BCUT2D eigenvalue weighted by Crippen LogP contribution is -2.16. The van der Waals surface area contributed by atoms with Gasteiger partial charge in [0.05, 0.1) is 11.6 Å². The maximum absolute atomic E-state index is 11.4. The summed E-state index contributed by atoms with van der Waals surface area (Å²) in [5.41, 5.74) is 5.77. The van der Waals surface area contributed by atoms with Crippen molar-refractivity contribution in [1.82, 2.24) is 0 Å². The van der Waals surface area contributed by atoms with Crippen LogP contribution in [0.3, 0.4) is 0 Å². The molecule has 3 heteroatoms. The van der Waals surface area contributed by atoms with Crippen LogP contribution in [0.15, 0.2) is 90.5 Å². The Balaban J connectivity index is 1.66. The Kier molecular flexibility index (Phi) is 4.38. The van der Waals surface area contributed by atoms with Crippen molar-refractivity contribution >= 4 is 29.1 Å². The van der Waals surface area contributed by atoms with Crippen LogP contribution in [-0.2, 0) is 4.79 Å². The number of rotatable bonds is 4. The van der Waals surface area contributed by atoms with Gasteiger partial charge in [-0.1, -0.05) is 48.5 Å². The molecule has 4 rings (SSSR count). The van der Waals surface area contributed by atoms with Gasteiger partial charge in [0.25, 0.3) is 0 Å². The summed E-state index contributed by atoms with van der Waals surface area (Å²) in [6.45, 7) is 0. The average molecular weight is 338 g/mol. The number of hydrogen-bond donors (Lipinski definition) is 2. The van der Waals surface area contributed by atoms with Gasteiger partial charge in [0.1, 0.15) is 5.94 Å². The molecule has 1 unspecified atom stereocenters. The van der Waals surface area contributed by atoms with E-state index in [-0.39, 0.29) is 6.04 Å². The second-order valence-electron chi connectivity index (χ2n) is 6.17. The van der Waals surface area contributed by atoms with Gasteiger partial charge in [0.15, 0.2) is 0 Å². The monoisotopic (exact) mass is 338 g/mol. The third kappa shape index (κ3) is 3.30. The minimum atomic E-state index is -0.208. The van der Waals surface area contributed by atoms with E-state index in [4.69, 9.17) is 0 Å². The largest absolute Gasteiger partial charge is 0.373 e. The lowest BCUT2D eigenvalue weighted by Gasteiger charge is -2.25. The van der Waals surface area contributed by atoms with Gasteiger partial charge in [-0.2, -0.15) is 0 Å². The average Bonchev–Trinajstić information content (AvgIpc) is 2.70. The van der Waals surface area contributed by atoms with Crippen molar-refractivity contribution in [3.63, 3.8) is 0 Å². The van der Waals surface area contributed by atoms with Crippen LogP contribution < -0.4 is 10.6 Å². The molecule has 126 valence electrons. The zero-order valence-electron chi connectivity index (χ0n) is 14.1. The molecule has 0 saturated heterocycles. The van der Waals surface area contributed by atoms with Crippen LogP contribution in [0.5, 0.6) is 0 Å². The summed E-state index contributed by atoms with van der Waals surface area (Å²) in [6, 6.07) is 25.9. The molecule has 3 nitrogen and oxygen atoms in total. The van der Waals surface area contributed by atoms with Gasteiger partial charge in [0, 0.05) is 17.1 Å². The Morgan fingerprint density at radius 1 is 0.731 bits per heavy atom. The Bertz CT molecular complexity index is 987. The fourth-order valence-corrected chi connectivity index (χ4v) is 3.14. The molecular formula is C23H18N2O. The number of anilines is 3. The van der Waals surface area contributed by atoms with Crippen molar-refractivity contribution in [3.8, 4) is 0 Å². The number of benzene rings is 3. The summed E-state index contributed by atoms with van der Waals surface area (Å²) < 4.78 is 0. The number of carbonyl (C=O) groups excluding carboxylic acids is 1. The molecule has 1 aliphatic rings. The van der Waals surface area contributed by atoms with Crippen molar-refractivity contribution in [2.24, 2.45) is 0 Å². The van der Waals surface area contributed by atoms with E-state index in [2.05, 4.69) is 28.7 Å². The van der Waals surface area contributed by atoms with E-state index in [9.17, 15) is 4.79 Å². The van der Waals surface area contributed by atoms with Crippen molar-refractivity contribution < 1.29 is 4.79 Å². The predicted octanol–water partition coefficient (Wildman–Crippen LogP) is 5.37. The molecule has 0 spiro atoms. The standard InChI is InChI=1S/C23H18N2O/c26-16-18-12-11-17-15-21(24-19-7-3-1-4-8-19)13-14-22(17)23(18)25-20-9-5-2-6-10-20/h1-15,23-25H. The van der Waals surface area contributed by atoms with Gasteiger partial charge in [-0.15, -0.1) is 0 Å². The molecule has 0 heterocycles. The minimum Gasteiger partial charge on any atom is -0.373 e. The highest BCUT2D eigenvalue weighted by Crippen LogP contribution is 2.35. The Hall–Kier alpha value is -3.55. The molecule has 0 radical (unpaired) electrons. The maximum atomic E-state index is 11.4. The summed E-state index contributed by atoms with van der Waals surface area (Å²) in [5, 5.41) is 6.84. The molecule has 0 bridgehead atoms. The zero-order chi connectivity index (χ0) is 17.8. The molecule has 0 aromatic heterocycles. The van der Waals surface area contributed by atoms with E-state index in [1.54, 1.807) is 0 Å². The molecular weight excluding hydrogens is 320 g/mol. The van der Waals surface area contributed by atoms with Gasteiger partial charge >= 0.3 is 0 Å². The molecule has 26 heavy (non-hydrogen) atoms. The minimum absolute atomic E-state index is 0.208. The summed E-state index contributed by atoms with van der Waals surface area (Å²) in [7, 11) is 0. The molecule has 3 aromatic rings. The van der Waals surface area contributed by atoms with E-state index in [1.807, 2.05) is 78.9 Å². The fraction of sp³-hybridized carbons (Fsp3) is 0.0435. The van der Waals surface area contributed by atoms with Crippen LogP contribution in [0.25, 0.3) is 6.08 Å². The van der Waals surface area contributed by atoms with Crippen LogP contribution in [0, 0.1) is 0 Å². The van der Waals surface area contributed by atoms with Crippen molar-refractivity contribution in [1.29, 1.82) is 0 Å². The molecule has 1 aliphatic carbocycles. The van der Waals surface area contributed by atoms with Gasteiger partial charge in [-0.05, 0) is 53.6 Å². The number of nitrogens with one attached hydrogen (secondary N) is 2. The first kappa shape index (κ1) is 15.9. The van der Waals surface area contributed by atoms with E-state index in [0.717, 1.165) is 28.2 Å². The quantitative estimate of drug-likeness (QED) is 0.629. The summed E-state index contributed by atoms with van der Waals surface area (Å²) in [5.74, 6) is 2.07. The Morgan fingerprint density at radius 3 is 2.12 bits per heavy atom. The van der Waals surface area contributed by atoms with Crippen LogP contribution >= 0.6 is 0 Å². The van der Waals surface area contributed by atoms with Gasteiger partial charge in [-0.25, -0.2) is 4.79 Å². The molecule has 1 atom stereocenters. The summed E-state index contributed by atoms with van der Waals surface area (Å²) >= 11 is 0. The van der Waals surface area contributed by atoms with Crippen LogP contribution in [0.4, 0.5) is 17.1 Å². The highest BCUT2D eigenvalue weighted by molar-refractivity contribution is 5.76. The second-order valence-corrected chi connectivity index (χ2v) is 6.17. The highest BCUT2D eigenvalue weighted by Gasteiger charge is 2.22. The third-order valence-electron chi connectivity index (χ3n) is 4.42. The molecule has 0 saturated carbocycles. The van der Waals surface area contributed by atoms with E-state index < -0.39 is 0 Å². The predicted molar refractivity (Wildman–Crippen MR) is 107 cm³/mol. The van der Waals surface area contributed by atoms with E-state index >= 15 is 0 Å². The molecule has 0 amide bonds. The first-order valence-corrected chi connectivity index (χ1v) is 8.54. The smallest absolute Gasteiger partial charge is 0.130 e. The summed E-state index contributed by atoms with van der Waals surface area (Å²) in [4.78, 5) is 11.4. The lowest BCUT2D eigenvalue weighted by atomic mass is 9.89. The summed E-state index contributed by atoms with van der Waals surface area (Å²) in [6.07, 6.45) is 3.80. The van der Waals surface area contributed by atoms with Crippen molar-refractivity contribution in [2.45, 2.75) is 6.04 Å². The molecule has 3 aromatic carbocycles. The normalized spacial score (nSPS) is 15.1. The third-order valence-corrected chi connectivity index (χ3v) is 4.42. The van der Waals surface area contributed by atoms with E-state index in [0.29, 0.717) is 5.57 Å². The Labute approximate surface area is 152 Å².